The van der Waals surface area contributed by atoms with Gasteiger partial charge in [-0.2, -0.15) is 0 Å². The van der Waals surface area contributed by atoms with Crippen molar-refractivity contribution in [2.24, 2.45) is 5.73 Å². The Morgan fingerprint density at radius 3 is 1.57 bits per heavy atom. The Labute approximate surface area is 41.5 Å². The highest BCUT2D eigenvalue weighted by molar-refractivity contribution is 4.73. The second-order valence-electron chi connectivity index (χ2n) is 2.12. The van der Waals surface area contributed by atoms with Crippen LogP contribution >= 0.6 is 0 Å². The van der Waals surface area contributed by atoms with Crippen molar-refractivity contribution in [1.29, 1.82) is 0 Å². The van der Waals surface area contributed by atoms with E-state index in [-0.39, 0.29) is 0 Å². The molecule has 0 saturated carbocycles. The van der Waals surface area contributed by atoms with E-state index >= 15 is 0 Å². The molecule has 0 aliphatic rings. The first kappa shape index (κ1) is 6.82. The average molecular weight is 109 g/mol. The number of hydrogen-bond donors (Lipinski definition) is 1. The van der Waals surface area contributed by atoms with E-state index in [0.29, 0.717) is 0 Å². The molecular weight excluding hydrogens is 100 g/mol. The number of rotatable bonds is 1. The van der Waals surface area contributed by atoms with Crippen molar-refractivity contribution < 1.29 is 8.78 Å². The molecule has 0 spiro atoms. The van der Waals surface area contributed by atoms with Crippen molar-refractivity contribution in [3.63, 3.8) is 0 Å². The summed E-state index contributed by atoms with van der Waals surface area (Å²) >= 11 is 0. The number of hydrogen-bond acceptors (Lipinski definition) is 1. The van der Waals surface area contributed by atoms with Gasteiger partial charge in [-0.1, -0.05) is 0 Å². The molecule has 2 N–H and O–H groups in total. The topological polar surface area (TPSA) is 26.0 Å². The van der Waals surface area contributed by atoms with Crippen LogP contribution in [0.15, 0.2) is 0 Å². The summed E-state index contributed by atoms with van der Waals surface area (Å²) in [7, 11) is 0. The first-order valence-electron chi connectivity index (χ1n) is 2.01. The quantitative estimate of drug-likeness (QED) is 0.533. The van der Waals surface area contributed by atoms with Gasteiger partial charge in [0.2, 0.25) is 0 Å². The molecule has 0 aromatic carbocycles. The van der Waals surface area contributed by atoms with Gasteiger partial charge in [0.15, 0.2) is 0 Å². The molecule has 0 fully saturated rings. The van der Waals surface area contributed by atoms with Gasteiger partial charge in [-0.05, 0) is 13.8 Å². The predicted molar refractivity (Wildman–Crippen MR) is 24.3 cm³/mol. The van der Waals surface area contributed by atoms with Crippen LogP contribution in [0.2, 0.25) is 0 Å². The van der Waals surface area contributed by atoms with Crippen LogP contribution in [-0.2, 0) is 0 Å². The lowest BCUT2D eigenvalue weighted by Crippen LogP contribution is -2.39. The summed E-state index contributed by atoms with van der Waals surface area (Å²) in [6.07, 6.45) is -2.42. The minimum atomic E-state index is -2.42. The fraction of sp³-hybridized carbons (Fsp3) is 1.00. The molecule has 1 nitrogen and oxygen atoms in total. The molecule has 0 atom stereocenters. The van der Waals surface area contributed by atoms with Crippen LogP contribution in [0.5, 0.6) is 0 Å². The summed E-state index contributed by atoms with van der Waals surface area (Å²) in [6.45, 7) is 2.58. The van der Waals surface area contributed by atoms with Gasteiger partial charge in [0.25, 0.3) is 6.43 Å². The van der Waals surface area contributed by atoms with Crippen LogP contribution in [0, 0.1) is 0 Å². The van der Waals surface area contributed by atoms with Gasteiger partial charge < -0.3 is 5.73 Å². The zero-order valence-corrected chi connectivity index (χ0v) is 4.41. The minimum absolute atomic E-state index is 1.29. The lowest BCUT2D eigenvalue weighted by molar-refractivity contribution is 0.0740. The third-order valence-corrected chi connectivity index (χ3v) is 0.562. The van der Waals surface area contributed by atoms with Crippen LogP contribution in [0.1, 0.15) is 13.8 Å². The smallest absolute Gasteiger partial charge is 0.255 e. The maximum atomic E-state index is 11.4. The molecule has 0 aliphatic carbocycles. The monoisotopic (exact) mass is 109 g/mol. The third-order valence-electron chi connectivity index (χ3n) is 0.562. The Morgan fingerprint density at radius 2 is 1.57 bits per heavy atom. The molecule has 0 aromatic heterocycles. The van der Waals surface area contributed by atoms with Gasteiger partial charge in [-0.25, -0.2) is 8.78 Å². The van der Waals surface area contributed by atoms with E-state index in [4.69, 9.17) is 5.73 Å². The zero-order chi connectivity index (χ0) is 6.08. The van der Waals surface area contributed by atoms with E-state index in [0.717, 1.165) is 0 Å². The minimum Gasteiger partial charge on any atom is -0.321 e. The molecule has 7 heavy (non-hydrogen) atoms. The summed E-state index contributed by atoms with van der Waals surface area (Å²) < 4.78 is 22.8. The lowest BCUT2D eigenvalue weighted by Gasteiger charge is -2.15. The highest BCUT2D eigenvalue weighted by Gasteiger charge is 2.22. The third kappa shape index (κ3) is 2.51. The van der Waals surface area contributed by atoms with Crippen molar-refractivity contribution in [3.8, 4) is 0 Å². The number of nitrogens with two attached hydrogens (primary N) is 1. The highest BCUT2D eigenvalue weighted by atomic mass is 19.3. The lowest BCUT2D eigenvalue weighted by atomic mass is 10.1. The molecule has 0 radical (unpaired) electrons. The van der Waals surface area contributed by atoms with Crippen LogP contribution in [-0.4, -0.2) is 12.0 Å². The molecule has 0 heterocycles. The van der Waals surface area contributed by atoms with Gasteiger partial charge >= 0.3 is 0 Å². The van der Waals surface area contributed by atoms with Crippen molar-refractivity contribution in [1.82, 2.24) is 0 Å². The number of halogens is 2. The molecule has 0 aliphatic heterocycles. The van der Waals surface area contributed by atoms with E-state index in [1.165, 1.54) is 13.8 Å². The van der Waals surface area contributed by atoms with Crippen LogP contribution in [0.4, 0.5) is 8.78 Å². The Balaban J connectivity index is 3.54. The van der Waals surface area contributed by atoms with Crippen molar-refractivity contribution in [3.05, 3.63) is 0 Å². The molecular formula is C4H9F2N. The second-order valence-corrected chi connectivity index (χ2v) is 2.12. The Morgan fingerprint density at radius 1 is 1.43 bits per heavy atom. The fourth-order valence-electron chi connectivity index (χ4n) is 0. The molecule has 0 amide bonds. The largest absolute Gasteiger partial charge is 0.321 e. The SMILES string of the molecule is CC(C)(N)C(F)F. The van der Waals surface area contributed by atoms with Gasteiger partial charge in [0.1, 0.15) is 0 Å². The molecule has 0 saturated heterocycles. The average Bonchev–Trinajstić information content (AvgIpc) is 1.31. The van der Waals surface area contributed by atoms with E-state index in [2.05, 4.69) is 0 Å². The highest BCUT2D eigenvalue weighted by Crippen LogP contribution is 2.08. The van der Waals surface area contributed by atoms with Crippen molar-refractivity contribution >= 4 is 0 Å². The van der Waals surface area contributed by atoms with E-state index in [1.54, 1.807) is 0 Å². The number of alkyl halides is 2. The summed E-state index contributed by atoms with van der Waals surface area (Å²) in [5.41, 5.74) is 3.59. The van der Waals surface area contributed by atoms with E-state index < -0.39 is 12.0 Å². The molecule has 0 rings (SSSR count). The van der Waals surface area contributed by atoms with Gasteiger partial charge in [0, 0.05) is 0 Å². The molecule has 44 valence electrons. The maximum absolute atomic E-state index is 11.4. The Kier molecular flexibility index (Phi) is 1.69. The molecule has 0 bridgehead atoms. The van der Waals surface area contributed by atoms with Crippen LogP contribution < -0.4 is 5.73 Å². The van der Waals surface area contributed by atoms with E-state index in [9.17, 15) is 8.78 Å². The fourth-order valence-corrected chi connectivity index (χ4v) is 0. The molecule has 0 unspecified atom stereocenters. The normalized spacial score (nSPS) is 12.9. The predicted octanol–water partition coefficient (Wildman–Crippen LogP) is 0.989. The second kappa shape index (κ2) is 1.74. The first-order chi connectivity index (χ1) is 2.94. The van der Waals surface area contributed by atoms with Crippen LogP contribution in [0.25, 0.3) is 0 Å². The molecule has 0 aromatic rings. The van der Waals surface area contributed by atoms with Crippen LogP contribution in [0.3, 0.4) is 0 Å². The van der Waals surface area contributed by atoms with Crippen molar-refractivity contribution in [2.45, 2.75) is 25.8 Å². The van der Waals surface area contributed by atoms with Crippen molar-refractivity contribution in [2.75, 3.05) is 0 Å². The standard InChI is InChI=1S/C4H9F2N/c1-4(2,7)3(5)6/h3H,7H2,1-2H3. The van der Waals surface area contributed by atoms with E-state index in [1.807, 2.05) is 0 Å². The summed E-state index contributed by atoms with van der Waals surface area (Å²) in [5, 5.41) is 0. The molecule has 3 heteroatoms. The van der Waals surface area contributed by atoms with Gasteiger partial charge in [-0.15, -0.1) is 0 Å². The zero-order valence-electron chi connectivity index (χ0n) is 4.41. The Bertz CT molecular complexity index is 55.2. The Hall–Kier alpha value is -0.180. The summed E-state index contributed by atoms with van der Waals surface area (Å²) in [6, 6.07) is 0. The van der Waals surface area contributed by atoms with Gasteiger partial charge in [-0.3, -0.25) is 0 Å². The first-order valence-corrected chi connectivity index (χ1v) is 2.01. The summed E-state index contributed by atoms with van der Waals surface area (Å²) in [4.78, 5) is 0. The maximum Gasteiger partial charge on any atom is 0.255 e. The van der Waals surface area contributed by atoms with Gasteiger partial charge in [0.05, 0.1) is 5.54 Å². The summed E-state index contributed by atoms with van der Waals surface area (Å²) in [5.74, 6) is 0.